The van der Waals surface area contributed by atoms with E-state index in [1.54, 1.807) is 23.9 Å². The minimum Gasteiger partial charge on any atom is -0.337 e. The summed E-state index contributed by atoms with van der Waals surface area (Å²) in [6.07, 6.45) is 5.16. The molecule has 0 bridgehead atoms. The first-order chi connectivity index (χ1) is 12.0. The lowest BCUT2D eigenvalue weighted by Gasteiger charge is -2.34. The molecule has 0 atom stereocenters. The van der Waals surface area contributed by atoms with Crippen molar-refractivity contribution < 1.29 is 4.79 Å². The first kappa shape index (κ1) is 17.6. The molecule has 1 fully saturated rings. The summed E-state index contributed by atoms with van der Waals surface area (Å²) in [5, 5.41) is 4.79. The monoisotopic (exact) mass is 359 g/mol. The maximum atomic E-state index is 12.4. The van der Waals surface area contributed by atoms with Gasteiger partial charge < -0.3 is 4.90 Å². The maximum Gasteiger partial charge on any atom is 0.246 e. The standard InChI is InChI=1S/C18H22ClN5O/c1-14-16(18(19)22(2)21-14)6-7-17(25)24-11-9-23(10-12-24)13-15-5-3-4-8-20-15/h3-8H,9-13H2,1-2H3/b7-6+. The molecule has 3 heterocycles. The van der Waals surface area contributed by atoms with Gasteiger partial charge >= 0.3 is 0 Å². The molecule has 1 saturated heterocycles. The van der Waals surface area contributed by atoms with Crippen LogP contribution < -0.4 is 0 Å². The fraction of sp³-hybridized carbons (Fsp3) is 0.389. The number of carbonyl (C=O) groups is 1. The normalized spacial score (nSPS) is 15.9. The van der Waals surface area contributed by atoms with Crippen LogP contribution in [-0.4, -0.2) is 56.7 Å². The van der Waals surface area contributed by atoms with Crippen LogP contribution in [0.2, 0.25) is 5.15 Å². The van der Waals surface area contributed by atoms with Gasteiger partial charge in [0.2, 0.25) is 5.91 Å². The molecule has 0 saturated carbocycles. The number of aromatic nitrogens is 3. The van der Waals surface area contributed by atoms with E-state index >= 15 is 0 Å². The van der Waals surface area contributed by atoms with E-state index in [1.807, 2.05) is 36.2 Å². The molecule has 1 aliphatic rings. The van der Waals surface area contributed by atoms with Gasteiger partial charge in [-0.05, 0) is 25.1 Å². The Balaban J connectivity index is 1.54. The highest BCUT2D eigenvalue weighted by molar-refractivity contribution is 6.31. The van der Waals surface area contributed by atoms with Gasteiger partial charge in [0, 0.05) is 57.6 Å². The highest BCUT2D eigenvalue weighted by Crippen LogP contribution is 2.20. The Morgan fingerprint density at radius 2 is 2.04 bits per heavy atom. The summed E-state index contributed by atoms with van der Waals surface area (Å²) in [7, 11) is 1.79. The van der Waals surface area contributed by atoms with Crippen molar-refractivity contribution >= 4 is 23.6 Å². The molecule has 1 aliphatic heterocycles. The molecule has 0 spiro atoms. The molecule has 0 unspecified atom stereocenters. The summed E-state index contributed by atoms with van der Waals surface area (Å²) in [6.45, 7) is 5.84. The minimum atomic E-state index is 0.0109. The van der Waals surface area contributed by atoms with Crippen LogP contribution in [0.4, 0.5) is 0 Å². The number of hydrogen-bond acceptors (Lipinski definition) is 4. The van der Waals surface area contributed by atoms with E-state index in [4.69, 9.17) is 11.6 Å². The number of pyridine rings is 1. The molecule has 0 radical (unpaired) electrons. The van der Waals surface area contributed by atoms with Crippen LogP contribution in [0.1, 0.15) is 17.0 Å². The lowest BCUT2D eigenvalue weighted by molar-refractivity contribution is -0.127. The molecule has 3 rings (SSSR count). The SMILES string of the molecule is Cc1nn(C)c(Cl)c1/C=C/C(=O)N1CCN(Cc2ccccn2)CC1. The van der Waals surface area contributed by atoms with Gasteiger partial charge in [0.05, 0.1) is 11.4 Å². The molecule has 7 heteroatoms. The van der Waals surface area contributed by atoms with Crippen LogP contribution in [0.15, 0.2) is 30.5 Å². The first-order valence-electron chi connectivity index (χ1n) is 8.33. The van der Waals surface area contributed by atoms with E-state index in [-0.39, 0.29) is 5.91 Å². The second-order valence-electron chi connectivity index (χ2n) is 6.17. The number of hydrogen-bond donors (Lipinski definition) is 0. The Kier molecular flexibility index (Phi) is 5.50. The zero-order valence-corrected chi connectivity index (χ0v) is 15.3. The quantitative estimate of drug-likeness (QED) is 0.785. The van der Waals surface area contributed by atoms with Crippen molar-refractivity contribution in [2.24, 2.45) is 7.05 Å². The number of piperazine rings is 1. The predicted octanol–water partition coefficient (Wildman–Crippen LogP) is 2.13. The Morgan fingerprint density at radius 1 is 1.28 bits per heavy atom. The summed E-state index contributed by atoms with van der Waals surface area (Å²) in [6, 6.07) is 5.95. The smallest absolute Gasteiger partial charge is 0.246 e. The van der Waals surface area contributed by atoms with Gasteiger partial charge in [0.25, 0.3) is 0 Å². The van der Waals surface area contributed by atoms with Crippen LogP contribution in [-0.2, 0) is 18.4 Å². The molecule has 6 nitrogen and oxygen atoms in total. The number of aryl methyl sites for hydroxylation is 2. The van der Waals surface area contributed by atoms with E-state index in [2.05, 4.69) is 15.0 Å². The van der Waals surface area contributed by atoms with E-state index < -0.39 is 0 Å². The van der Waals surface area contributed by atoms with Crippen molar-refractivity contribution in [3.05, 3.63) is 52.6 Å². The van der Waals surface area contributed by atoms with Gasteiger partial charge in [0.15, 0.2) is 0 Å². The fourth-order valence-electron chi connectivity index (χ4n) is 2.94. The molecule has 1 amide bonds. The average molecular weight is 360 g/mol. The van der Waals surface area contributed by atoms with Crippen LogP contribution >= 0.6 is 11.6 Å². The van der Waals surface area contributed by atoms with Crippen molar-refractivity contribution in [3.8, 4) is 0 Å². The van der Waals surface area contributed by atoms with Crippen molar-refractivity contribution in [1.82, 2.24) is 24.6 Å². The van der Waals surface area contributed by atoms with Crippen LogP contribution in [0.3, 0.4) is 0 Å². The summed E-state index contributed by atoms with van der Waals surface area (Å²) < 4.78 is 1.61. The number of rotatable bonds is 4. The zero-order valence-electron chi connectivity index (χ0n) is 14.5. The Bertz CT molecular complexity index is 763. The lowest BCUT2D eigenvalue weighted by Crippen LogP contribution is -2.47. The third-order valence-electron chi connectivity index (χ3n) is 4.38. The molecule has 25 heavy (non-hydrogen) atoms. The van der Waals surface area contributed by atoms with Gasteiger partial charge in [-0.15, -0.1) is 0 Å². The van der Waals surface area contributed by atoms with Gasteiger partial charge in [-0.25, -0.2) is 0 Å². The fourth-order valence-corrected chi connectivity index (χ4v) is 3.18. The van der Waals surface area contributed by atoms with E-state index in [0.717, 1.165) is 49.7 Å². The van der Waals surface area contributed by atoms with Gasteiger partial charge in [-0.1, -0.05) is 17.7 Å². The second-order valence-corrected chi connectivity index (χ2v) is 6.53. The number of amides is 1. The zero-order chi connectivity index (χ0) is 17.8. The van der Waals surface area contributed by atoms with Gasteiger partial charge in [-0.3, -0.25) is 19.4 Å². The summed E-state index contributed by atoms with van der Waals surface area (Å²) in [5.74, 6) is 0.0109. The third-order valence-corrected chi connectivity index (χ3v) is 4.83. The predicted molar refractivity (Wildman–Crippen MR) is 98.1 cm³/mol. The Hall–Kier alpha value is -2.18. The van der Waals surface area contributed by atoms with Crippen molar-refractivity contribution in [1.29, 1.82) is 0 Å². The van der Waals surface area contributed by atoms with Crippen LogP contribution in [0.5, 0.6) is 0 Å². The highest BCUT2D eigenvalue weighted by atomic mass is 35.5. The summed E-state index contributed by atoms with van der Waals surface area (Å²) >= 11 is 6.19. The molecular formula is C18H22ClN5O. The first-order valence-corrected chi connectivity index (χ1v) is 8.70. The highest BCUT2D eigenvalue weighted by Gasteiger charge is 2.20. The number of halogens is 1. The molecule has 0 aromatic carbocycles. The van der Waals surface area contributed by atoms with E-state index in [0.29, 0.717) is 5.15 Å². The second kappa shape index (κ2) is 7.80. The molecule has 132 valence electrons. The molecule has 0 aliphatic carbocycles. The number of nitrogens with zero attached hydrogens (tertiary/aromatic N) is 5. The molecular weight excluding hydrogens is 338 g/mol. The third kappa shape index (κ3) is 4.27. The Morgan fingerprint density at radius 3 is 2.64 bits per heavy atom. The Labute approximate surface area is 152 Å². The van der Waals surface area contributed by atoms with Crippen LogP contribution in [0.25, 0.3) is 6.08 Å². The maximum absolute atomic E-state index is 12.4. The van der Waals surface area contributed by atoms with Gasteiger partial charge in [-0.2, -0.15) is 5.10 Å². The van der Waals surface area contributed by atoms with Crippen molar-refractivity contribution in [3.63, 3.8) is 0 Å². The van der Waals surface area contributed by atoms with E-state index in [9.17, 15) is 4.79 Å². The molecule has 0 N–H and O–H groups in total. The van der Waals surface area contributed by atoms with Gasteiger partial charge in [0.1, 0.15) is 5.15 Å². The summed E-state index contributed by atoms with van der Waals surface area (Å²) in [4.78, 5) is 20.9. The van der Waals surface area contributed by atoms with Crippen LogP contribution in [0, 0.1) is 6.92 Å². The van der Waals surface area contributed by atoms with Crippen molar-refractivity contribution in [2.45, 2.75) is 13.5 Å². The van der Waals surface area contributed by atoms with Crippen molar-refractivity contribution in [2.75, 3.05) is 26.2 Å². The molecule has 2 aromatic rings. The average Bonchev–Trinajstić information content (AvgIpc) is 2.86. The minimum absolute atomic E-state index is 0.0109. The number of carbonyl (C=O) groups excluding carboxylic acids is 1. The van der Waals surface area contributed by atoms with E-state index in [1.165, 1.54) is 0 Å². The molecule has 2 aromatic heterocycles. The topological polar surface area (TPSA) is 54.3 Å². The lowest BCUT2D eigenvalue weighted by atomic mass is 10.2. The largest absolute Gasteiger partial charge is 0.337 e. The summed E-state index contributed by atoms with van der Waals surface area (Å²) in [5.41, 5.74) is 2.67.